The molecule has 0 aromatic heterocycles. The maximum atomic E-state index is 4.86. The van der Waals surface area contributed by atoms with E-state index in [1.807, 2.05) is 6.07 Å². The number of rotatable bonds is 1. The summed E-state index contributed by atoms with van der Waals surface area (Å²) in [5.41, 5.74) is 0. The third-order valence-electron chi connectivity index (χ3n) is 0.864. The molecule has 0 saturated heterocycles. The van der Waals surface area contributed by atoms with Crippen LogP contribution in [0.1, 0.15) is 0 Å². The van der Waals surface area contributed by atoms with Crippen LogP contribution in [0.3, 0.4) is 0 Å². The minimum Gasteiger partial charge on any atom is -0.496 e. The Morgan fingerprint density at radius 3 is 2.75 bits per heavy atom. The fourth-order valence-corrected chi connectivity index (χ4v) is 0.460. The number of hydrogen-bond donors (Lipinski definition) is 0. The van der Waals surface area contributed by atoms with Crippen molar-refractivity contribution in [2.75, 3.05) is 7.11 Å². The molecule has 1 nitrogen and oxygen atoms in total. The quantitative estimate of drug-likeness (QED) is 0.524. The molecule has 0 radical (unpaired) electrons. The van der Waals surface area contributed by atoms with Crippen molar-refractivity contribution >= 4 is 0 Å². The summed E-state index contributed by atoms with van der Waals surface area (Å²) in [7, 11) is 1.63. The smallest absolute Gasteiger partial charge is 0.127 e. The first kappa shape index (κ1) is 4.99. The monoisotopic (exact) mass is 106 g/mol. The predicted molar refractivity (Wildman–Crippen MR) is 30.7 cm³/mol. The van der Waals surface area contributed by atoms with Crippen LogP contribution in [0.5, 0.6) is 5.75 Å². The van der Waals surface area contributed by atoms with Crippen LogP contribution in [0, 0.1) is 12.1 Å². The molecule has 1 aromatic rings. The minimum absolute atomic E-state index is 0.823. The lowest BCUT2D eigenvalue weighted by molar-refractivity contribution is 0.415. The van der Waals surface area contributed by atoms with Crippen molar-refractivity contribution in [3.63, 3.8) is 0 Å². The Morgan fingerprint density at radius 2 is 2.38 bits per heavy atom. The van der Waals surface area contributed by atoms with Crippen LogP contribution in [0.25, 0.3) is 0 Å². The van der Waals surface area contributed by atoms with Crippen molar-refractivity contribution in [1.29, 1.82) is 0 Å². The molecule has 0 aliphatic heterocycles. The first-order valence-electron chi connectivity index (χ1n) is 2.35. The SMILES string of the molecule is COc1cc#ccc1. The van der Waals surface area contributed by atoms with E-state index >= 15 is 0 Å². The highest BCUT2D eigenvalue weighted by molar-refractivity contribution is 5.16. The topological polar surface area (TPSA) is 9.23 Å². The second-order valence-corrected chi connectivity index (χ2v) is 1.37. The Morgan fingerprint density at radius 1 is 1.50 bits per heavy atom. The zero-order chi connectivity index (χ0) is 5.82. The number of hydrogen-bond acceptors (Lipinski definition) is 1. The zero-order valence-electron chi connectivity index (χ0n) is 4.64. The summed E-state index contributed by atoms with van der Waals surface area (Å²) in [4.78, 5) is 0. The number of ether oxygens (including phenoxy) is 1. The Balaban J connectivity index is 2.83. The van der Waals surface area contributed by atoms with Gasteiger partial charge >= 0.3 is 0 Å². The van der Waals surface area contributed by atoms with Crippen LogP contribution in [-0.2, 0) is 0 Å². The van der Waals surface area contributed by atoms with E-state index < -0.39 is 0 Å². The summed E-state index contributed by atoms with van der Waals surface area (Å²) in [6.07, 6.45) is 0. The second-order valence-electron chi connectivity index (χ2n) is 1.37. The van der Waals surface area contributed by atoms with Crippen molar-refractivity contribution in [3.8, 4) is 5.75 Å². The first-order valence-corrected chi connectivity index (χ1v) is 2.35. The summed E-state index contributed by atoms with van der Waals surface area (Å²) in [6, 6.07) is 10.9. The molecule has 0 unspecified atom stereocenters. The van der Waals surface area contributed by atoms with Gasteiger partial charge in [0.2, 0.25) is 0 Å². The molecule has 0 aliphatic carbocycles. The Labute approximate surface area is 48.9 Å². The maximum absolute atomic E-state index is 4.86. The maximum Gasteiger partial charge on any atom is 0.127 e. The van der Waals surface area contributed by atoms with Crippen molar-refractivity contribution < 1.29 is 4.74 Å². The normalized spacial score (nSPS) is 7.62. The van der Waals surface area contributed by atoms with E-state index in [-0.39, 0.29) is 0 Å². The minimum atomic E-state index is 0.823. The van der Waals surface area contributed by atoms with Gasteiger partial charge in [0, 0.05) is 6.07 Å². The van der Waals surface area contributed by atoms with E-state index in [0.29, 0.717) is 0 Å². The average Bonchev–Trinajstić information content (AvgIpc) is 1.90. The largest absolute Gasteiger partial charge is 0.496 e. The van der Waals surface area contributed by atoms with E-state index in [9.17, 15) is 0 Å². The average molecular weight is 106 g/mol. The molecule has 40 valence electrons. The molecule has 0 saturated carbocycles. The van der Waals surface area contributed by atoms with E-state index in [1.165, 1.54) is 0 Å². The van der Waals surface area contributed by atoms with Gasteiger partial charge in [0.05, 0.1) is 7.11 Å². The van der Waals surface area contributed by atoms with Crippen molar-refractivity contribution in [2.24, 2.45) is 0 Å². The van der Waals surface area contributed by atoms with Crippen LogP contribution < -0.4 is 4.74 Å². The van der Waals surface area contributed by atoms with Gasteiger partial charge in [-0.1, -0.05) is 12.1 Å². The third kappa shape index (κ3) is 0.913. The zero-order valence-corrected chi connectivity index (χ0v) is 4.64. The molecule has 0 aliphatic rings. The Hall–Kier alpha value is -1.16. The van der Waals surface area contributed by atoms with E-state index in [4.69, 9.17) is 4.74 Å². The molecule has 0 atom stereocenters. The summed E-state index contributed by atoms with van der Waals surface area (Å²) >= 11 is 0. The van der Waals surface area contributed by atoms with Crippen molar-refractivity contribution in [3.05, 3.63) is 30.3 Å². The summed E-state index contributed by atoms with van der Waals surface area (Å²) in [5, 5.41) is 0. The van der Waals surface area contributed by atoms with Gasteiger partial charge in [-0.3, -0.25) is 0 Å². The molecule has 1 rings (SSSR count). The van der Waals surface area contributed by atoms with Crippen LogP contribution in [-0.4, -0.2) is 7.11 Å². The lowest BCUT2D eigenvalue weighted by Crippen LogP contribution is -1.77. The van der Waals surface area contributed by atoms with Crippen molar-refractivity contribution in [1.82, 2.24) is 0 Å². The van der Waals surface area contributed by atoms with Gasteiger partial charge in [-0.2, -0.15) is 0 Å². The molecule has 0 fully saturated rings. The highest BCUT2D eigenvalue weighted by Crippen LogP contribution is 2.02. The van der Waals surface area contributed by atoms with E-state index in [1.54, 1.807) is 19.2 Å². The standard InChI is InChI=1S/C7H6O/c1-8-7-5-3-2-4-6-7/h3,5-6H,1H3. The second kappa shape index (κ2) is 2.23. The molecule has 0 N–H and O–H groups in total. The van der Waals surface area contributed by atoms with Crippen LogP contribution >= 0.6 is 0 Å². The molecule has 0 heterocycles. The molecule has 1 heteroatoms. The number of methoxy groups -OCH3 is 1. The van der Waals surface area contributed by atoms with Crippen LogP contribution in [0.4, 0.5) is 0 Å². The fraction of sp³-hybridized carbons (Fsp3) is 0.143. The van der Waals surface area contributed by atoms with E-state index in [0.717, 1.165) is 5.75 Å². The summed E-state index contributed by atoms with van der Waals surface area (Å²) in [6.45, 7) is 0. The van der Waals surface area contributed by atoms with Gasteiger partial charge in [0.1, 0.15) is 5.75 Å². The predicted octanol–water partition coefficient (Wildman–Crippen LogP) is 1.30. The lowest BCUT2D eigenvalue weighted by atomic mass is 10.4. The highest BCUT2D eigenvalue weighted by Gasteiger charge is 1.79. The van der Waals surface area contributed by atoms with Gasteiger partial charge < -0.3 is 4.74 Å². The third-order valence-corrected chi connectivity index (χ3v) is 0.864. The van der Waals surface area contributed by atoms with E-state index in [2.05, 4.69) is 12.1 Å². The molecule has 0 bridgehead atoms. The Bertz CT molecular complexity index is 146. The first-order chi connectivity index (χ1) is 3.93. The van der Waals surface area contributed by atoms with Crippen LogP contribution in [0.15, 0.2) is 18.2 Å². The molecule has 0 amide bonds. The van der Waals surface area contributed by atoms with Gasteiger partial charge in [0.15, 0.2) is 0 Å². The lowest BCUT2D eigenvalue weighted by Gasteiger charge is -1.91. The highest BCUT2D eigenvalue weighted by atomic mass is 16.5. The summed E-state index contributed by atoms with van der Waals surface area (Å²) < 4.78 is 4.86. The molecule has 8 heavy (non-hydrogen) atoms. The van der Waals surface area contributed by atoms with Gasteiger partial charge in [-0.05, 0) is 12.1 Å². The molecule has 0 spiro atoms. The molecular weight excluding hydrogens is 100 g/mol. The van der Waals surface area contributed by atoms with Gasteiger partial charge in [0.25, 0.3) is 0 Å². The van der Waals surface area contributed by atoms with Gasteiger partial charge in [-0.25, -0.2) is 0 Å². The molecular formula is C7H6O. The Kier molecular flexibility index (Phi) is 1.39. The van der Waals surface area contributed by atoms with Crippen molar-refractivity contribution in [2.45, 2.75) is 0 Å². The van der Waals surface area contributed by atoms with Crippen LogP contribution in [0.2, 0.25) is 0 Å². The van der Waals surface area contributed by atoms with Gasteiger partial charge in [-0.15, -0.1) is 0 Å². The molecule has 1 aromatic carbocycles. The fourth-order valence-electron chi connectivity index (χ4n) is 0.460. The summed E-state index contributed by atoms with van der Waals surface area (Å²) in [5.74, 6) is 0.823.